The molecule has 6 heteroatoms. The van der Waals surface area contributed by atoms with Crippen molar-refractivity contribution in [3.63, 3.8) is 0 Å². The van der Waals surface area contributed by atoms with Crippen molar-refractivity contribution >= 4 is 35.0 Å². The molecule has 0 radical (unpaired) electrons. The van der Waals surface area contributed by atoms with Crippen molar-refractivity contribution in [1.29, 1.82) is 0 Å². The van der Waals surface area contributed by atoms with Crippen LogP contribution in [0.3, 0.4) is 0 Å². The third kappa shape index (κ3) is 2.90. The van der Waals surface area contributed by atoms with Gasteiger partial charge in [-0.1, -0.05) is 0 Å². The van der Waals surface area contributed by atoms with E-state index in [0.717, 1.165) is 16.3 Å². The highest BCUT2D eigenvalue weighted by Gasteiger charge is 2.23. The van der Waals surface area contributed by atoms with Crippen LogP contribution in [0.25, 0.3) is 0 Å². The van der Waals surface area contributed by atoms with Gasteiger partial charge in [0.2, 0.25) is 11.8 Å². The van der Waals surface area contributed by atoms with Crippen molar-refractivity contribution in [2.24, 2.45) is 0 Å². The van der Waals surface area contributed by atoms with Gasteiger partial charge < -0.3 is 15.5 Å². The molecule has 1 atom stereocenters. The number of hydrogen-bond acceptors (Lipinski definition) is 4. The third-order valence-electron chi connectivity index (χ3n) is 2.98. The minimum absolute atomic E-state index is 0.00106. The molecule has 1 heterocycles. The quantitative estimate of drug-likeness (QED) is 0.875. The number of thioether (sulfide) groups is 1. The van der Waals surface area contributed by atoms with Crippen LogP contribution in [0.5, 0.6) is 0 Å². The predicted octanol–water partition coefficient (Wildman–Crippen LogP) is 1.30. The number of rotatable bonds is 3. The molecule has 1 aliphatic heterocycles. The Bertz CT molecular complexity index is 519. The summed E-state index contributed by atoms with van der Waals surface area (Å²) in [5, 5.41) is 5.61. The molecule has 0 spiro atoms. The summed E-state index contributed by atoms with van der Waals surface area (Å²) < 4.78 is 0. The zero-order valence-corrected chi connectivity index (χ0v) is 12.0. The fourth-order valence-corrected chi connectivity index (χ4v) is 2.75. The number of benzene rings is 1. The lowest BCUT2D eigenvalue weighted by atomic mass is 10.2. The van der Waals surface area contributed by atoms with E-state index in [0.29, 0.717) is 0 Å². The van der Waals surface area contributed by atoms with E-state index in [4.69, 9.17) is 0 Å². The molecule has 0 bridgehead atoms. The van der Waals surface area contributed by atoms with Gasteiger partial charge in [-0.2, -0.15) is 0 Å². The molecule has 0 saturated heterocycles. The highest BCUT2D eigenvalue weighted by Crippen LogP contribution is 2.37. The first-order valence-electron chi connectivity index (χ1n) is 6.05. The number of anilines is 2. The van der Waals surface area contributed by atoms with Gasteiger partial charge in [-0.05, 0) is 32.2 Å². The Labute approximate surface area is 116 Å². The van der Waals surface area contributed by atoms with Crippen LogP contribution in [-0.4, -0.2) is 37.7 Å². The maximum absolute atomic E-state index is 11.8. The molecule has 1 aliphatic rings. The molecule has 1 aromatic carbocycles. The zero-order valence-electron chi connectivity index (χ0n) is 11.2. The lowest BCUT2D eigenvalue weighted by molar-refractivity contribution is -0.117. The molecule has 2 N–H and O–H groups in total. The first-order valence-corrected chi connectivity index (χ1v) is 6.93. The van der Waals surface area contributed by atoms with Crippen LogP contribution in [0.4, 0.5) is 11.4 Å². The third-order valence-corrected chi connectivity index (χ3v) is 4.16. The molecule has 0 aliphatic carbocycles. The monoisotopic (exact) mass is 279 g/mol. The van der Waals surface area contributed by atoms with E-state index in [1.54, 1.807) is 19.0 Å². The van der Waals surface area contributed by atoms with Crippen molar-refractivity contribution in [2.45, 2.75) is 17.1 Å². The summed E-state index contributed by atoms with van der Waals surface area (Å²) in [5.41, 5.74) is 1.55. The first-order chi connectivity index (χ1) is 9.02. The van der Waals surface area contributed by atoms with Crippen molar-refractivity contribution in [3.05, 3.63) is 18.2 Å². The summed E-state index contributed by atoms with van der Waals surface area (Å²) in [4.78, 5) is 26.1. The summed E-state index contributed by atoms with van der Waals surface area (Å²) in [5.74, 6) is -0.0236. The maximum Gasteiger partial charge on any atom is 0.240 e. The molecule has 5 nitrogen and oxygen atoms in total. The molecule has 0 aromatic heterocycles. The van der Waals surface area contributed by atoms with E-state index in [1.165, 1.54) is 11.8 Å². The van der Waals surface area contributed by atoms with Crippen molar-refractivity contribution in [2.75, 3.05) is 30.9 Å². The van der Waals surface area contributed by atoms with Gasteiger partial charge in [0.1, 0.15) is 0 Å². The number of nitrogens with zero attached hydrogens (tertiary/aromatic N) is 1. The topological polar surface area (TPSA) is 61.4 Å². The molecule has 1 unspecified atom stereocenters. The standard InChI is InChI=1S/C13H17N3O2S/c1-8-13(18)15-10-6-9(4-5-11(10)19-8)16(3)12(17)7-14-2/h4-6,8,14H,7H2,1-3H3,(H,15,18). The van der Waals surface area contributed by atoms with E-state index in [1.807, 2.05) is 25.1 Å². The lowest BCUT2D eigenvalue weighted by Crippen LogP contribution is -2.34. The average molecular weight is 279 g/mol. The minimum atomic E-state index is -0.0815. The Hall–Kier alpha value is -1.53. The molecule has 19 heavy (non-hydrogen) atoms. The first kappa shape index (κ1) is 13.9. The Morgan fingerprint density at radius 1 is 1.53 bits per heavy atom. The highest BCUT2D eigenvalue weighted by atomic mass is 32.2. The number of nitrogens with one attached hydrogen (secondary N) is 2. The molecule has 0 fully saturated rings. The Morgan fingerprint density at radius 3 is 2.95 bits per heavy atom. The molecule has 2 amide bonds. The Kier molecular flexibility index (Phi) is 4.11. The SMILES string of the molecule is CNCC(=O)N(C)c1ccc2c(c1)NC(=O)C(C)S2. The summed E-state index contributed by atoms with van der Waals surface area (Å²) >= 11 is 1.53. The van der Waals surface area contributed by atoms with Crippen LogP contribution in [0.1, 0.15) is 6.92 Å². The summed E-state index contributed by atoms with van der Waals surface area (Å²) in [6, 6.07) is 5.66. The normalized spacial score (nSPS) is 17.6. The molecule has 1 aromatic rings. The number of likely N-dealkylation sites (N-methyl/N-ethyl adjacent to an activating group) is 2. The highest BCUT2D eigenvalue weighted by molar-refractivity contribution is 8.00. The van der Waals surface area contributed by atoms with Crippen LogP contribution in [0.15, 0.2) is 23.1 Å². The molecular formula is C13H17N3O2S. The Morgan fingerprint density at radius 2 is 2.26 bits per heavy atom. The van der Waals surface area contributed by atoms with Crippen molar-refractivity contribution < 1.29 is 9.59 Å². The van der Waals surface area contributed by atoms with Crippen molar-refractivity contribution in [1.82, 2.24) is 5.32 Å². The summed E-state index contributed by atoms with van der Waals surface area (Å²) in [6.07, 6.45) is 0. The average Bonchev–Trinajstić information content (AvgIpc) is 2.39. The van der Waals surface area contributed by atoms with Gasteiger partial charge in [-0.25, -0.2) is 0 Å². The number of carbonyl (C=O) groups excluding carboxylic acids is 2. The predicted molar refractivity (Wildman–Crippen MR) is 77.7 cm³/mol. The lowest BCUT2D eigenvalue weighted by Gasteiger charge is -2.24. The van der Waals surface area contributed by atoms with Gasteiger partial charge in [-0.3, -0.25) is 9.59 Å². The van der Waals surface area contributed by atoms with E-state index in [2.05, 4.69) is 10.6 Å². The fourth-order valence-electron chi connectivity index (χ4n) is 1.82. The van der Waals surface area contributed by atoms with Gasteiger partial charge in [0.25, 0.3) is 0 Å². The molecule has 0 saturated carbocycles. The van der Waals surface area contributed by atoms with Gasteiger partial charge >= 0.3 is 0 Å². The van der Waals surface area contributed by atoms with Crippen LogP contribution in [0.2, 0.25) is 0 Å². The van der Waals surface area contributed by atoms with Crippen LogP contribution in [-0.2, 0) is 9.59 Å². The largest absolute Gasteiger partial charge is 0.324 e. The number of hydrogen-bond donors (Lipinski definition) is 2. The number of carbonyl (C=O) groups is 2. The Balaban J connectivity index is 2.24. The summed E-state index contributed by atoms with van der Waals surface area (Å²) in [7, 11) is 3.46. The van der Waals surface area contributed by atoms with Gasteiger partial charge in [0.05, 0.1) is 17.5 Å². The smallest absolute Gasteiger partial charge is 0.240 e. The molecule has 2 rings (SSSR count). The number of fused-ring (bicyclic) bond motifs is 1. The fraction of sp³-hybridized carbons (Fsp3) is 0.385. The number of amides is 2. The summed E-state index contributed by atoms with van der Waals surface area (Å²) in [6.45, 7) is 2.16. The second-order valence-electron chi connectivity index (χ2n) is 4.41. The van der Waals surface area contributed by atoms with Crippen LogP contribution >= 0.6 is 11.8 Å². The van der Waals surface area contributed by atoms with Gasteiger partial charge in [0.15, 0.2) is 0 Å². The molecule has 102 valence electrons. The minimum Gasteiger partial charge on any atom is -0.324 e. The van der Waals surface area contributed by atoms with E-state index in [-0.39, 0.29) is 23.6 Å². The molecular weight excluding hydrogens is 262 g/mol. The van der Waals surface area contributed by atoms with E-state index in [9.17, 15) is 9.59 Å². The van der Waals surface area contributed by atoms with Gasteiger partial charge in [-0.15, -0.1) is 11.8 Å². The van der Waals surface area contributed by atoms with E-state index < -0.39 is 0 Å². The van der Waals surface area contributed by atoms with Gasteiger partial charge in [0, 0.05) is 17.6 Å². The van der Waals surface area contributed by atoms with Crippen LogP contribution < -0.4 is 15.5 Å². The van der Waals surface area contributed by atoms with Crippen molar-refractivity contribution in [3.8, 4) is 0 Å². The second-order valence-corrected chi connectivity index (χ2v) is 5.80. The van der Waals surface area contributed by atoms with Crippen LogP contribution in [0, 0.1) is 0 Å². The van der Waals surface area contributed by atoms with E-state index >= 15 is 0 Å². The second kappa shape index (κ2) is 5.63. The zero-order chi connectivity index (χ0) is 14.0. The maximum atomic E-state index is 11.8.